The van der Waals surface area contributed by atoms with Gasteiger partial charge in [0.25, 0.3) is 0 Å². The van der Waals surface area contributed by atoms with Crippen molar-refractivity contribution in [2.75, 3.05) is 20.1 Å². The zero-order valence-electron chi connectivity index (χ0n) is 36.0. The van der Waals surface area contributed by atoms with E-state index in [1.165, 1.54) is 78.5 Å². The number of hydrogen-bond donors (Lipinski definition) is 1. The fourth-order valence-electron chi connectivity index (χ4n) is 4.75. The Labute approximate surface area is 329 Å². The molecule has 7 heteroatoms. The van der Waals surface area contributed by atoms with Crippen LogP contribution in [0.1, 0.15) is 158 Å². The molecule has 0 bridgehead atoms. The van der Waals surface area contributed by atoms with Crippen LogP contribution in [0, 0.1) is 0 Å². The van der Waals surface area contributed by atoms with Gasteiger partial charge in [0.05, 0.1) is 0 Å². The second-order valence-electron chi connectivity index (χ2n) is 13.4. The molecule has 0 unspecified atom stereocenters. The Bertz CT molecular complexity index is 1360. The number of halogens is 4. The van der Waals surface area contributed by atoms with Gasteiger partial charge in [-0.05, 0) is 129 Å². The number of hydrogen-bond acceptors (Lipinski definition) is 2. The van der Waals surface area contributed by atoms with Gasteiger partial charge in [0.15, 0.2) is 0 Å². The smallest absolute Gasteiger partial charge is 0.358 e. The van der Waals surface area contributed by atoms with Gasteiger partial charge in [0.2, 0.25) is 0 Å². The Morgan fingerprint density at radius 2 is 1.49 bits per heavy atom. The van der Waals surface area contributed by atoms with Gasteiger partial charge in [0.1, 0.15) is 0 Å². The molecule has 1 heterocycles. The number of aryl methyl sites for hydroxylation is 1. The number of allylic oxidation sites excluding steroid dienone is 8. The van der Waals surface area contributed by atoms with Crippen molar-refractivity contribution in [1.82, 2.24) is 9.88 Å². The van der Waals surface area contributed by atoms with Crippen molar-refractivity contribution < 1.29 is 13.2 Å². The Hall–Kier alpha value is -2.83. The summed E-state index contributed by atoms with van der Waals surface area (Å²) in [5, 5.41) is 2.10. The fraction of sp³-hybridized carbons (Fsp3) is 0.587. The maximum Gasteiger partial charge on any atom is 0.411 e. The number of rotatable bonds is 16. The molecule has 2 rings (SSSR count). The highest BCUT2D eigenvalue weighted by Gasteiger charge is 2.27. The van der Waals surface area contributed by atoms with Crippen LogP contribution in [0.15, 0.2) is 83.1 Å². The quantitative estimate of drug-likeness (QED) is 0.103. The number of fused-ring (bicyclic) bond motifs is 1. The van der Waals surface area contributed by atoms with Crippen LogP contribution in [0.3, 0.4) is 0 Å². The van der Waals surface area contributed by atoms with Crippen molar-refractivity contribution in [1.29, 1.82) is 0 Å². The van der Waals surface area contributed by atoms with Crippen molar-refractivity contribution in [2.45, 2.75) is 159 Å². The number of aromatic nitrogens is 1. The minimum Gasteiger partial charge on any atom is -0.358 e. The molecule has 53 heavy (non-hydrogen) atoms. The SMILES string of the molecule is C/C=C\C(=C/CCC)[C@H](C)c1[nH]c2ccc(Cl)cc2c1CCCC.C=C(C)C(F)(F)F.C=C(C)CC.CCC=N/C(C)=C/CC.CCCN(C)CCC. The number of benzene rings is 1. The van der Waals surface area contributed by atoms with E-state index in [-0.39, 0.29) is 0 Å². The Balaban J connectivity index is -0.000000707. The molecule has 3 nitrogen and oxygen atoms in total. The molecule has 0 amide bonds. The van der Waals surface area contributed by atoms with E-state index in [9.17, 15) is 13.2 Å². The van der Waals surface area contributed by atoms with Crippen LogP contribution in [0.25, 0.3) is 10.9 Å². The van der Waals surface area contributed by atoms with E-state index >= 15 is 0 Å². The van der Waals surface area contributed by atoms with Crippen LogP contribution in [0.4, 0.5) is 13.2 Å². The molecule has 0 saturated heterocycles. The lowest BCUT2D eigenvalue weighted by Gasteiger charge is -2.15. The lowest BCUT2D eigenvalue weighted by molar-refractivity contribution is -0.0909. The average Bonchev–Trinajstić information content (AvgIpc) is 3.46. The Kier molecular flexibility index (Phi) is 34.7. The molecule has 1 aromatic carbocycles. The number of nitrogens with zero attached hydrogens (tertiary/aromatic N) is 2. The number of unbranched alkanes of at least 4 members (excludes halogenated alkanes) is 2. The second kappa shape index (κ2) is 33.7. The molecule has 1 aromatic heterocycles. The van der Waals surface area contributed by atoms with Crippen LogP contribution in [-0.2, 0) is 6.42 Å². The maximum atomic E-state index is 11.1. The summed E-state index contributed by atoms with van der Waals surface area (Å²) in [6, 6.07) is 6.19. The lowest BCUT2D eigenvalue weighted by atomic mass is 9.91. The normalized spacial score (nSPS) is 12.3. The second-order valence-corrected chi connectivity index (χ2v) is 13.8. The zero-order chi connectivity index (χ0) is 41.4. The van der Waals surface area contributed by atoms with Crippen LogP contribution >= 0.6 is 11.6 Å². The van der Waals surface area contributed by atoms with Crippen molar-refractivity contribution in [3.63, 3.8) is 0 Å². The topological polar surface area (TPSA) is 31.4 Å². The summed E-state index contributed by atoms with van der Waals surface area (Å²) in [4.78, 5) is 10.2. The molecule has 0 aliphatic heterocycles. The number of H-pyrrole nitrogens is 1. The molecule has 1 atom stereocenters. The highest BCUT2D eigenvalue weighted by molar-refractivity contribution is 6.31. The van der Waals surface area contributed by atoms with Gasteiger partial charge in [-0.3, -0.25) is 4.99 Å². The standard InChI is InChI=1S/C22H30ClN.C8H15N.C7H17N.C5H10.C4H5F3/c1-5-8-11-17(10-7-3)16(4)22-19(12-9-6-2)20-15-18(23)13-14-21(20)24-22;1-4-6-8(3)9-7-5-2;1-4-6-8(3)7-5-2;1-4-5(2)3;1-3(2)4(5,6)7/h7,10-11,13-16,24H,5-6,8-9,12H2,1-4H3;6-7H,4-5H2,1-3H3;4-7H2,1-3H3;2,4H2,1,3H3;1H2,2H3/b10-7-,17-11+;8-6+,9-7?;;;/t16-;;;;/m0..../s1. The first-order valence-corrected chi connectivity index (χ1v) is 20.2. The Morgan fingerprint density at radius 1 is 0.925 bits per heavy atom. The molecule has 0 aliphatic carbocycles. The highest BCUT2D eigenvalue weighted by atomic mass is 35.5. The van der Waals surface area contributed by atoms with Gasteiger partial charge >= 0.3 is 6.18 Å². The summed E-state index contributed by atoms with van der Waals surface area (Å²) in [6.07, 6.45) is 18.2. The monoisotopic (exact) mass is 764 g/mol. The third kappa shape index (κ3) is 28.3. The number of alkyl halides is 3. The third-order valence-electron chi connectivity index (χ3n) is 7.92. The highest BCUT2D eigenvalue weighted by Crippen LogP contribution is 2.34. The van der Waals surface area contributed by atoms with Gasteiger partial charge < -0.3 is 9.88 Å². The first kappa shape index (κ1) is 54.5. The molecular weight excluding hydrogens is 687 g/mol. The number of nitrogens with one attached hydrogen (secondary N) is 1. The predicted molar refractivity (Wildman–Crippen MR) is 235 cm³/mol. The van der Waals surface area contributed by atoms with Crippen LogP contribution < -0.4 is 0 Å². The van der Waals surface area contributed by atoms with Crippen LogP contribution in [0.2, 0.25) is 5.02 Å². The van der Waals surface area contributed by atoms with E-state index in [1.54, 1.807) is 0 Å². The largest absolute Gasteiger partial charge is 0.411 e. The summed E-state index contributed by atoms with van der Waals surface area (Å²) in [5.74, 6) is 0.366. The number of aromatic amines is 1. The van der Waals surface area contributed by atoms with E-state index < -0.39 is 11.7 Å². The minimum absolute atomic E-state index is 0.366. The van der Waals surface area contributed by atoms with Gasteiger partial charge in [-0.1, -0.05) is 116 Å². The maximum absolute atomic E-state index is 11.1. The molecule has 0 spiro atoms. The third-order valence-corrected chi connectivity index (χ3v) is 8.15. The Morgan fingerprint density at radius 3 is 1.91 bits per heavy atom. The van der Waals surface area contributed by atoms with Gasteiger partial charge in [-0.2, -0.15) is 13.2 Å². The van der Waals surface area contributed by atoms with Gasteiger partial charge in [-0.25, -0.2) is 0 Å². The first-order valence-electron chi connectivity index (χ1n) is 19.8. The van der Waals surface area contributed by atoms with E-state index in [1.807, 2.05) is 26.1 Å². The van der Waals surface area contributed by atoms with Crippen molar-refractivity contribution in [3.8, 4) is 0 Å². The predicted octanol–water partition coefficient (Wildman–Crippen LogP) is 16.2. The van der Waals surface area contributed by atoms with E-state index in [2.05, 4.69) is 134 Å². The molecular formula is C46H77ClF3N3. The van der Waals surface area contributed by atoms with Crippen molar-refractivity contribution >= 4 is 28.7 Å². The van der Waals surface area contributed by atoms with Gasteiger partial charge in [0, 0.05) is 45.0 Å². The van der Waals surface area contributed by atoms with E-state index in [0.717, 1.165) is 49.7 Å². The summed E-state index contributed by atoms with van der Waals surface area (Å²) >= 11 is 6.26. The summed E-state index contributed by atoms with van der Waals surface area (Å²) in [7, 11) is 2.17. The van der Waals surface area contributed by atoms with Gasteiger partial charge in [-0.15, -0.1) is 6.58 Å². The summed E-state index contributed by atoms with van der Waals surface area (Å²) < 4.78 is 33.2. The molecule has 0 saturated carbocycles. The first-order chi connectivity index (χ1) is 24.9. The molecule has 2 aromatic rings. The summed E-state index contributed by atoms with van der Waals surface area (Å²) in [6.45, 7) is 33.5. The van der Waals surface area contributed by atoms with E-state index in [0.29, 0.717) is 5.92 Å². The molecule has 304 valence electrons. The lowest BCUT2D eigenvalue weighted by Crippen LogP contribution is -2.19. The van der Waals surface area contributed by atoms with Crippen molar-refractivity contribution in [2.24, 2.45) is 4.99 Å². The average molecular weight is 765 g/mol. The molecule has 0 radical (unpaired) electrons. The molecule has 0 fully saturated rings. The van der Waals surface area contributed by atoms with Crippen molar-refractivity contribution in [3.05, 3.63) is 94.4 Å². The number of aliphatic imine (C=N–C) groups is 1. The molecule has 0 aliphatic rings. The molecule has 1 N–H and O–H groups in total. The van der Waals surface area contributed by atoms with Crippen LogP contribution in [0.5, 0.6) is 0 Å². The van der Waals surface area contributed by atoms with Crippen LogP contribution in [-0.4, -0.2) is 42.4 Å². The minimum atomic E-state index is -4.19. The summed E-state index contributed by atoms with van der Waals surface area (Å²) in [5.41, 5.74) is 7.00. The van der Waals surface area contributed by atoms with E-state index in [4.69, 9.17) is 11.6 Å². The fourth-order valence-corrected chi connectivity index (χ4v) is 4.92. The zero-order valence-corrected chi connectivity index (χ0v) is 36.8.